The number of imide groups is 1. The minimum atomic E-state index is -0.689. The fourth-order valence-corrected chi connectivity index (χ4v) is 3.84. The van der Waals surface area contributed by atoms with Gasteiger partial charge in [-0.3, -0.25) is 9.59 Å². The van der Waals surface area contributed by atoms with E-state index in [9.17, 15) is 14.4 Å². The molecule has 0 unspecified atom stereocenters. The number of carbonyl (C=O) groups is 3. The molecule has 1 fully saturated rings. The Bertz CT molecular complexity index is 941. The highest BCUT2D eigenvalue weighted by molar-refractivity contribution is 6.21. The highest BCUT2D eigenvalue weighted by atomic mass is 16.5. The lowest BCUT2D eigenvalue weighted by Gasteiger charge is -2.29. The van der Waals surface area contributed by atoms with Crippen LogP contribution in [0.3, 0.4) is 0 Å². The molecule has 1 atom stereocenters. The van der Waals surface area contributed by atoms with Crippen molar-refractivity contribution in [2.45, 2.75) is 31.8 Å². The summed E-state index contributed by atoms with van der Waals surface area (Å²) >= 11 is 0. The standard InChI is InChI=1S/C22H23N3O4/c1-29-18-8-6-17(7-9-18)25-21(27)19(23-22(25)28)10-11-20(26)24-13-12-15-4-2-3-5-16(15)14-24/h2-9,19H,10-14H2,1H3,(H,23,28)/t19-/m0/s1. The Labute approximate surface area is 169 Å². The van der Waals surface area contributed by atoms with E-state index in [0.29, 0.717) is 24.5 Å². The zero-order valence-electron chi connectivity index (χ0n) is 16.3. The summed E-state index contributed by atoms with van der Waals surface area (Å²) in [6.45, 7) is 1.27. The van der Waals surface area contributed by atoms with Crippen LogP contribution in [0.25, 0.3) is 0 Å². The molecule has 1 saturated heterocycles. The first-order valence-electron chi connectivity index (χ1n) is 9.70. The predicted molar refractivity (Wildman–Crippen MR) is 108 cm³/mol. The molecule has 4 rings (SSSR count). The second-order valence-electron chi connectivity index (χ2n) is 7.25. The summed E-state index contributed by atoms with van der Waals surface area (Å²) in [4.78, 5) is 40.6. The lowest BCUT2D eigenvalue weighted by molar-refractivity contribution is -0.132. The van der Waals surface area contributed by atoms with Crippen LogP contribution >= 0.6 is 0 Å². The SMILES string of the molecule is COc1ccc(N2C(=O)N[C@@H](CCC(=O)N3CCc4ccccc4C3)C2=O)cc1. The number of carbonyl (C=O) groups excluding carboxylic acids is 3. The first-order valence-corrected chi connectivity index (χ1v) is 9.70. The van der Waals surface area contributed by atoms with Crippen LogP contribution in [0.2, 0.25) is 0 Å². The molecular formula is C22H23N3O4. The number of nitrogens with zero attached hydrogens (tertiary/aromatic N) is 2. The average molecular weight is 393 g/mol. The van der Waals surface area contributed by atoms with Gasteiger partial charge in [0.2, 0.25) is 5.91 Å². The van der Waals surface area contributed by atoms with Crippen molar-refractivity contribution in [3.63, 3.8) is 0 Å². The number of urea groups is 1. The Hall–Kier alpha value is -3.35. The Morgan fingerprint density at radius 3 is 2.55 bits per heavy atom. The molecule has 2 heterocycles. The van der Waals surface area contributed by atoms with Crippen molar-refractivity contribution in [1.29, 1.82) is 0 Å². The van der Waals surface area contributed by atoms with E-state index >= 15 is 0 Å². The Morgan fingerprint density at radius 1 is 1.10 bits per heavy atom. The molecule has 1 N–H and O–H groups in total. The molecule has 0 bridgehead atoms. The van der Waals surface area contributed by atoms with Gasteiger partial charge in [0.25, 0.3) is 5.91 Å². The van der Waals surface area contributed by atoms with Gasteiger partial charge in [0, 0.05) is 19.5 Å². The smallest absolute Gasteiger partial charge is 0.329 e. The first kappa shape index (κ1) is 19.0. The molecule has 7 nitrogen and oxygen atoms in total. The maximum absolute atomic E-state index is 12.7. The minimum Gasteiger partial charge on any atom is -0.497 e. The lowest BCUT2D eigenvalue weighted by Crippen LogP contribution is -2.37. The topological polar surface area (TPSA) is 79.0 Å². The molecule has 2 aromatic carbocycles. The number of methoxy groups -OCH3 is 1. The van der Waals surface area contributed by atoms with Gasteiger partial charge in [-0.2, -0.15) is 0 Å². The van der Waals surface area contributed by atoms with E-state index in [-0.39, 0.29) is 24.7 Å². The van der Waals surface area contributed by atoms with Crippen molar-refractivity contribution in [3.05, 3.63) is 59.7 Å². The largest absolute Gasteiger partial charge is 0.497 e. The number of benzene rings is 2. The van der Waals surface area contributed by atoms with Gasteiger partial charge < -0.3 is 15.0 Å². The third-order valence-corrected chi connectivity index (χ3v) is 5.48. The third-order valence-electron chi connectivity index (χ3n) is 5.48. The Morgan fingerprint density at radius 2 is 1.83 bits per heavy atom. The quantitative estimate of drug-likeness (QED) is 0.792. The van der Waals surface area contributed by atoms with Gasteiger partial charge in [-0.05, 0) is 48.2 Å². The van der Waals surface area contributed by atoms with Gasteiger partial charge in [0.15, 0.2) is 0 Å². The number of anilines is 1. The van der Waals surface area contributed by atoms with E-state index in [1.165, 1.54) is 11.1 Å². The molecule has 0 radical (unpaired) electrons. The van der Waals surface area contributed by atoms with Crippen LogP contribution in [-0.4, -0.2) is 42.4 Å². The third kappa shape index (κ3) is 3.81. The minimum absolute atomic E-state index is 0.00412. The molecule has 7 heteroatoms. The molecule has 2 aliphatic heterocycles. The van der Waals surface area contributed by atoms with E-state index in [1.807, 2.05) is 23.1 Å². The van der Waals surface area contributed by atoms with E-state index in [0.717, 1.165) is 11.3 Å². The fourth-order valence-electron chi connectivity index (χ4n) is 3.84. The summed E-state index contributed by atoms with van der Waals surface area (Å²) in [5.41, 5.74) is 2.93. The summed E-state index contributed by atoms with van der Waals surface area (Å²) < 4.78 is 5.11. The van der Waals surface area contributed by atoms with Gasteiger partial charge in [-0.1, -0.05) is 24.3 Å². The highest BCUT2D eigenvalue weighted by Gasteiger charge is 2.39. The predicted octanol–water partition coefficient (Wildman–Crippen LogP) is 2.49. The summed E-state index contributed by atoms with van der Waals surface area (Å²) in [7, 11) is 1.55. The van der Waals surface area contributed by atoms with Gasteiger partial charge in [-0.25, -0.2) is 9.69 Å². The monoisotopic (exact) mass is 393 g/mol. The van der Waals surface area contributed by atoms with Crippen LogP contribution in [0.15, 0.2) is 48.5 Å². The molecular weight excluding hydrogens is 370 g/mol. The van der Waals surface area contributed by atoms with E-state index in [2.05, 4.69) is 11.4 Å². The van der Waals surface area contributed by atoms with Gasteiger partial charge in [0.05, 0.1) is 12.8 Å². The maximum Gasteiger partial charge on any atom is 0.329 e. The van der Waals surface area contributed by atoms with Crippen molar-refractivity contribution in [3.8, 4) is 5.75 Å². The van der Waals surface area contributed by atoms with Crippen LogP contribution in [0.5, 0.6) is 5.75 Å². The van der Waals surface area contributed by atoms with Crippen molar-refractivity contribution in [1.82, 2.24) is 10.2 Å². The first-order chi connectivity index (χ1) is 14.1. The maximum atomic E-state index is 12.7. The number of rotatable bonds is 5. The number of nitrogens with one attached hydrogen (secondary N) is 1. The molecule has 0 saturated carbocycles. The van der Waals surface area contributed by atoms with Gasteiger partial charge in [0.1, 0.15) is 11.8 Å². The molecule has 2 aromatic rings. The number of amides is 4. The molecule has 29 heavy (non-hydrogen) atoms. The van der Waals surface area contributed by atoms with Crippen LogP contribution in [0, 0.1) is 0 Å². The fraction of sp³-hybridized carbons (Fsp3) is 0.318. The molecule has 0 aliphatic carbocycles. The number of ether oxygens (including phenoxy) is 1. The number of hydrogen-bond donors (Lipinski definition) is 1. The van der Waals surface area contributed by atoms with E-state index in [4.69, 9.17) is 4.74 Å². The molecule has 150 valence electrons. The van der Waals surface area contributed by atoms with Crippen molar-refractivity contribution >= 4 is 23.5 Å². The van der Waals surface area contributed by atoms with Crippen LogP contribution in [0.1, 0.15) is 24.0 Å². The molecule has 4 amide bonds. The Kier molecular flexibility index (Phi) is 5.20. The van der Waals surface area contributed by atoms with Gasteiger partial charge in [-0.15, -0.1) is 0 Å². The van der Waals surface area contributed by atoms with Crippen molar-refractivity contribution in [2.24, 2.45) is 0 Å². The summed E-state index contributed by atoms with van der Waals surface area (Å²) in [5.74, 6) is 0.312. The second kappa shape index (κ2) is 7.95. The van der Waals surface area contributed by atoms with Crippen LogP contribution in [-0.2, 0) is 22.6 Å². The molecule has 2 aliphatic rings. The van der Waals surface area contributed by atoms with Crippen molar-refractivity contribution < 1.29 is 19.1 Å². The summed E-state index contributed by atoms with van der Waals surface area (Å²) in [5, 5.41) is 2.69. The second-order valence-corrected chi connectivity index (χ2v) is 7.25. The normalized spacial score (nSPS) is 18.4. The van der Waals surface area contributed by atoms with Gasteiger partial charge >= 0.3 is 6.03 Å². The van der Waals surface area contributed by atoms with Crippen LogP contribution in [0.4, 0.5) is 10.5 Å². The number of fused-ring (bicyclic) bond motifs is 1. The van der Waals surface area contributed by atoms with Crippen LogP contribution < -0.4 is 15.0 Å². The van der Waals surface area contributed by atoms with E-state index < -0.39 is 12.1 Å². The zero-order valence-corrected chi connectivity index (χ0v) is 16.3. The summed E-state index contributed by atoms with van der Waals surface area (Å²) in [6, 6.07) is 13.7. The Balaban J connectivity index is 1.36. The number of hydrogen-bond acceptors (Lipinski definition) is 4. The molecule has 0 spiro atoms. The average Bonchev–Trinajstić information content (AvgIpc) is 3.04. The zero-order chi connectivity index (χ0) is 20.4. The summed E-state index contributed by atoms with van der Waals surface area (Å²) in [6.07, 6.45) is 1.34. The van der Waals surface area contributed by atoms with Crippen molar-refractivity contribution in [2.75, 3.05) is 18.6 Å². The highest BCUT2D eigenvalue weighted by Crippen LogP contribution is 2.24. The lowest BCUT2D eigenvalue weighted by atomic mass is 9.99. The molecule has 0 aromatic heterocycles. The van der Waals surface area contributed by atoms with E-state index in [1.54, 1.807) is 31.4 Å².